The van der Waals surface area contributed by atoms with Gasteiger partial charge in [0, 0.05) is 13.1 Å². The zero-order valence-corrected chi connectivity index (χ0v) is 10.6. The molecule has 1 rings (SSSR count). The molecular formula is C11H21N3O4. The van der Waals surface area contributed by atoms with Gasteiger partial charge in [0.15, 0.2) is 6.10 Å². The van der Waals surface area contributed by atoms with E-state index in [9.17, 15) is 9.59 Å². The summed E-state index contributed by atoms with van der Waals surface area (Å²) in [4.78, 5) is 23.9. The minimum absolute atomic E-state index is 0.286. The Labute approximate surface area is 106 Å². The van der Waals surface area contributed by atoms with Crippen LogP contribution in [0, 0.1) is 5.92 Å². The number of carbonyl (C=O) groups excluding carboxylic acids is 1. The number of nitrogens with zero attached hydrogens (tertiary/aromatic N) is 1. The molecule has 1 aliphatic rings. The van der Waals surface area contributed by atoms with Crippen LogP contribution in [0.25, 0.3) is 0 Å². The molecule has 1 aliphatic heterocycles. The number of carboxylic acids is 1. The van der Waals surface area contributed by atoms with Gasteiger partial charge in [0.1, 0.15) is 0 Å². The zero-order valence-electron chi connectivity index (χ0n) is 10.6. The molecule has 0 saturated carbocycles. The molecule has 2 unspecified atom stereocenters. The summed E-state index contributed by atoms with van der Waals surface area (Å²) in [6, 6.07) is -0.441. The number of carbonyl (C=O) groups is 2. The number of amides is 2. The normalized spacial score (nSPS) is 22.2. The van der Waals surface area contributed by atoms with Crippen LogP contribution >= 0.6 is 0 Å². The first-order chi connectivity index (χ1) is 8.49. The van der Waals surface area contributed by atoms with Gasteiger partial charge < -0.3 is 25.7 Å². The molecule has 0 aromatic heterocycles. The van der Waals surface area contributed by atoms with E-state index in [0.29, 0.717) is 12.5 Å². The maximum absolute atomic E-state index is 11.4. The third-order valence-corrected chi connectivity index (χ3v) is 3.01. The summed E-state index contributed by atoms with van der Waals surface area (Å²) in [5, 5.41) is 22.4. The molecule has 1 saturated heterocycles. The fourth-order valence-electron chi connectivity index (χ4n) is 2.02. The minimum Gasteiger partial charge on any atom is -0.479 e. The van der Waals surface area contributed by atoms with Crippen LogP contribution in [0.5, 0.6) is 0 Å². The summed E-state index contributed by atoms with van der Waals surface area (Å²) in [5.74, 6) is -0.914. The maximum Gasteiger partial charge on any atom is 0.334 e. The van der Waals surface area contributed by atoms with E-state index in [1.54, 1.807) is 0 Å². The van der Waals surface area contributed by atoms with Crippen molar-refractivity contribution < 1.29 is 19.8 Å². The highest BCUT2D eigenvalue weighted by Gasteiger charge is 2.18. The summed E-state index contributed by atoms with van der Waals surface area (Å²) in [5.41, 5.74) is 0. The number of hydrogen-bond donors (Lipinski definition) is 4. The first-order valence-electron chi connectivity index (χ1n) is 6.10. The highest BCUT2D eigenvalue weighted by Crippen LogP contribution is 2.13. The van der Waals surface area contributed by atoms with Crippen LogP contribution in [0.4, 0.5) is 4.79 Å². The number of carboxylic acid groups (broad SMARTS) is 1. The number of urea groups is 1. The number of aliphatic hydroxyl groups is 1. The third kappa shape index (κ3) is 5.33. The summed E-state index contributed by atoms with van der Waals surface area (Å²) >= 11 is 0. The third-order valence-electron chi connectivity index (χ3n) is 3.01. The topological polar surface area (TPSA) is 102 Å². The van der Waals surface area contributed by atoms with Gasteiger partial charge in [0.2, 0.25) is 0 Å². The Morgan fingerprint density at radius 2 is 2.17 bits per heavy atom. The van der Waals surface area contributed by atoms with Crippen molar-refractivity contribution in [1.29, 1.82) is 0 Å². The van der Waals surface area contributed by atoms with Crippen LogP contribution in [0.1, 0.15) is 12.8 Å². The van der Waals surface area contributed by atoms with Crippen LogP contribution in [0.2, 0.25) is 0 Å². The number of hydrogen-bond acceptors (Lipinski definition) is 4. The predicted molar refractivity (Wildman–Crippen MR) is 65.3 cm³/mol. The van der Waals surface area contributed by atoms with E-state index in [0.717, 1.165) is 25.9 Å². The lowest BCUT2D eigenvalue weighted by atomic mass is 9.99. The molecule has 0 spiro atoms. The molecule has 104 valence electrons. The van der Waals surface area contributed by atoms with E-state index in [4.69, 9.17) is 10.2 Å². The molecule has 0 radical (unpaired) electrons. The standard InChI is InChI=1S/C11H21N3O4/c1-14-4-2-3-8(7-14)5-12-11(18)13-6-9(15)10(16)17/h8-9,15H,2-7H2,1H3,(H,16,17)(H2,12,13,18). The summed E-state index contributed by atoms with van der Waals surface area (Å²) < 4.78 is 0. The van der Waals surface area contributed by atoms with E-state index in [-0.39, 0.29) is 6.54 Å². The van der Waals surface area contributed by atoms with Crippen molar-refractivity contribution in [2.24, 2.45) is 5.92 Å². The lowest BCUT2D eigenvalue weighted by Gasteiger charge is -2.29. The predicted octanol–water partition coefficient (Wildman–Crippen LogP) is -0.927. The highest BCUT2D eigenvalue weighted by atomic mass is 16.4. The fourth-order valence-corrected chi connectivity index (χ4v) is 2.02. The Kier molecular flexibility index (Phi) is 5.87. The van der Waals surface area contributed by atoms with Crippen molar-refractivity contribution in [3.8, 4) is 0 Å². The maximum atomic E-state index is 11.4. The Balaban J connectivity index is 2.14. The first kappa shape index (κ1) is 14.7. The van der Waals surface area contributed by atoms with Gasteiger partial charge in [0.25, 0.3) is 0 Å². The molecule has 4 N–H and O–H groups in total. The quantitative estimate of drug-likeness (QED) is 0.511. The number of likely N-dealkylation sites (tertiary alicyclic amines) is 1. The monoisotopic (exact) mass is 259 g/mol. The molecule has 0 bridgehead atoms. The smallest absolute Gasteiger partial charge is 0.334 e. The van der Waals surface area contributed by atoms with Crippen molar-refractivity contribution in [3.63, 3.8) is 0 Å². The van der Waals surface area contributed by atoms with E-state index in [2.05, 4.69) is 22.6 Å². The first-order valence-corrected chi connectivity index (χ1v) is 6.10. The van der Waals surface area contributed by atoms with E-state index >= 15 is 0 Å². The van der Waals surface area contributed by atoms with Crippen molar-refractivity contribution >= 4 is 12.0 Å². The van der Waals surface area contributed by atoms with E-state index in [1.165, 1.54) is 0 Å². The van der Waals surface area contributed by atoms with Crippen molar-refractivity contribution in [3.05, 3.63) is 0 Å². The molecule has 7 heteroatoms. The molecule has 0 aliphatic carbocycles. The molecule has 1 fully saturated rings. The van der Waals surface area contributed by atoms with Gasteiger partial charge in [0.05, 0.1) is 6.54 Å². The van der Waals surface area contributed by atoms with Gasteiger partial charge in [-0.05, 0) is 32.4 Å². The molecule has 0 aromatic rings. The average molecular weight is 259 g/mol. The Morgan fingerprint density at radius 1 is 1.44 bits per heavy atom. The van der Waals surface area contributed by atoms with E-state index in [1.807, 2.05) is 0 Å². The van der Waals surface area contributed by atoms with Gasteiger partial charge >= 0.3 is 12.0 Å². The number of rotatable bonds is 5. The van der Waals surface area contributed by atoms with Crippen molar-refractivity contribution in [2.75, 3.05) is 33.2 Å². The largest absolute Gasteiger partial charge is 0.479 e. The van der Waals surface area contributed by atoms with Crippen molar-refractivity contribution in [2.45, 2.75) is 18.9 Å². The lowest BCUT2D eigenvalue weighted by molar-refractivity contribution is -0.146. The molecule has 18 heavy (non-hydrogen) atoms. The van der Waals surface area contributed by atoms with Crippen molar-refractivity contribution in [1.82, 2.24) is 15.5 Å². The second-order valence-corrected chi connectivity index (χ2v) is 4.72. The molecule has 7 nitrogen and oxygen atoms in total. The Hall–Kier alpha value is -1.34. The number of aliphatic hydroxyl groups excluding tert-OH is 1. The minimum atomic E-state index is -1.56. The Morgan fingerprint density at radius 3 is 2.78 bits per heavy atom. The van der Waals surface area contributed by atoms with Crippen LogP contribution < -0.4 is 10.6 Å². The molecule has 2 amide bonds. The molecular weight excluding hydrogens is 238 g/mol. The van der Waals surface area contributed by atoms with Crippen LogP contribution in [-0.2, 0) is 4.79 Å². The lowest BCUT2D eigenvalue weighted by Crippen LogP contribution is -2.45. The molecule has 0 aromatic carbocycles. The molecule has 2 atom stereocenters. The zero-order chi connectivity index (χ0) is 13.5. The molecule has 1 heterocycles. The van der Waals surface area contributed by atoms with Gasteiger partial charge in [-0.25, -0.2) is 9.59 Å². The Bertz CT molecular complexity index is 298. The van der Waals surface area contributed by atoms with Gasteiger partial charge in [-0.1, -0.05) is 0 Å². The van der Waals surface area contributed by atoms with Crippen LogP contribution in [-0.4, -0.2) is 66.4 Å². The summed E-state index contributed by atoms with van der Waals surface area (Å²) in [7, 11) is 2.05. The summed E-state index contributed by atoms with van der Waals surface area (Å²) in [6.07, 6.45) is 0.654. The average Bonchev–Trinajstić information content (AvgIpc) is 2.33. The number of nitrogens with one attached hydrogen (secondary N) is 2. The second-order valence-electron chi connectivity index (χ2n) is 4.72. The van der Waals surface area contributed by atoms with Crippen LogP contribution in [0.3, 0.4) is 0 Å². The second kappa shape index (κ2) is 7.17. The number of aliphatic carboxylic acids is 1. The van der Waals surface area contributed by atoms with Gasteiger partial charge in [-0.15, -0.1) is 0 Å². The van der Waals surface area contributed by atoms with Gasteiger partial charge in [-0.3, -0.25) is 0 Å². The van der Waals surface area contributed by atoms with E-state index < -0.39 is 18.1 Å². The number of piperidine rings is 1. The van der Waals surface area contributed by atoms with Crippen LogP contribution in [0.15, 0.2) is 0 Å². The highest BCUT2D eigenvalue weighted by molar-refractivity contribution is 5.76. The van der Waals surface area contributed by atoms with Gasteiger partial charge in [-0.2, -0.15) is 0 Å². The SMILES string of the molecule is CN1CCCC(CNC(=O)NCC(O)C(=O)O)C1. The fraction of sp³-hybridized carbons (Fsp3) is 0.818. The summed E-state index contributed by atoms with van der Waals surface area (Å²) in [6.45, 7) is 2.33.